The van der Waals surface area contributed by atoms with E-state index in [2.05, 4.69) is 44.4 Å². The number of hydrogen-bond donors (Lipinski definition) is 1. The van der Waals surface area contributed by atoms with Crippen LogP contribution in [0, 0.1) is 19.3 Å². The van der Waals surface area contributed by atoms with Gasteiger partial charge in [-0.15, -0.1) is 0 Å². The summed E-state index contributed by atoms with van der Waals surface area (Å²) in [5.41, 5.74) is 2.98. The van der Waals surface area contributed by atoms with Crippen molar-refractivity contribution in [3.8, 4) is 5.75 Å². The number of ether oxygens (including phenoxy) is 1. The summed E-state index contributed by atoms with van der Waals surface area (Å²) in [5.74, 6) is 1.06. The number of hydrogen-bond acceptors (Lipinski definition) is 2. The minimum absolute atomic E-state index is 0.394. The predicted octanol–water partition coefficient (Wildman–Crippen LogP) is 3.99. The molecule has 2 unspecified atom stereocenters. The van der Waals surface area contributed by atoms with Gasteiger partial charge in [0.15, 0.2) is 0 Å². The number of rotatable bonds is 3. The molecule has 2 fully saturated rings. The maximum atomic E-state index is 6.40. The first-order chi connectivity index (χ1) is 9.64. The Morgan fingerprint density at radius 1 is 1.05 bits per heavy atom. The summed E-state index contributed by atoms with van der Waals surface area (Å²) in [4.78, 5) is 0. The topological polar surface area (TPSA) is 21.3 Å². The summed E-state index contributed by atoms with van der Waals surface area (Å²) in [7, 11) is 2.11. The summed E-state index contributed by atoms with van der Waals surface area (Å²) >= 11 is 0. The average molecular weight is 273 g/mol. The molecular weight excluding hydrogens is 246 g/mol. The van der Waals surface area contributed by atoms with Gasteiger partial charge in [-0.3, -0.25) is 0 Å². The van der Waals surface area contributed by atoms with Crippen molar-refractivity contribution < 1.29 is 4.74 Å². The zero-order valence-electron chi connectivity index (χ0n) is 13.0. The molecule has 0 bridgehead atoms. The van der Waals surface area contributed by atoms with E-state index < -0.39 is 0 Å². The monoisotopic (exact) mass is 273 g/mol. The summed E-state index contributed by atoms with van der Waals surface area (Å²) in [6.07, 6.45) is 8.34. The second-order valence-electron chi connectivity index (χ2n) is 6.80. The Bertz CT molecular complexity index is 456. The van der Waals surface area contributed by atoms with E-state index in [1.54, 1.807) is 0 Å². The van der Waals surface area contributed by atoms with Crippen LogP contribution in [0.15, 0.2) is 18.2 Å². The third kappa shape index (κ3) is 2.35. The summed E-state index contributed by atoms with van der Waals surface area (Å²) in [5, 5.41) is 3.52. The van der Waals surface area contributed by atoms with Crippen LogP contribution in [0.3, 0.4) is 0 Å². The third-order valence-corrected chi connectivity index (χ3v) is 5.39. The first kappa shape index (κ1) is 13.9. The smallest absolute Gasteiger partial charge is 0.120 e. The molecule has 20 heavy (non-hydrogen) atoms. The van der Waals surface area contributed by atoms with Crippen LogP contribution in [0.25, 0.3) is 0 Å². The van der Waals surface area contributed by atoms with Crippen molar-refractivity contribution in [2.75, 3.05) is 7.05 Å². The second kappa shape index (κ2) is 5.40. The molecular formula is C18H27NO. The van der Waals surface area contributed by atoms with Crippen LogP contribution < -0.4 is 10.1 Å². The molecule has 0 heterocycles. The molecule has 1 aromatic carbocycles. The Labute approximate surface area is 122 Å². The van der Waals surface area contributed by atoms with E-state index in [0.717, 1.165) is 12.2 Å². The normalized spacial score (nSPS) is 28.1. The van der Waals surface area contributed by atoms with E-state index in [1.807, 2.05) is 0 Å². The molecule has 1 aromatic rings. The first-order valence-corrected chi connectivity index (χ1v) is 8.06. The molecule has 3 rings (SSSR count). The van der Waals surface area contributed by atoms with Crippen molar-refractivity contribution >= 4 is 0 Å². The van der Waals surface area contributed by atoms with Crippen LogP contribution in [0.2, 0.25) is 0 Å². The van der Waals surface area contributed by atoms with E-state index in [-0.39, 0.29) is 0 Å². The zero-order chi connectivity index (χ0) is 14.2. The van der Waals surface area contributed by atoms with Crippen molar-refractivity contribution in [3.05, 3.63) is 29.3 Å². The highest BCUT2D eigenvalue weighted by molar-refractivity contribution is 5.33. The molecule has 2 nitrogen and oxygen atoms in total. The molecule has 2 aliphatic rings. The van der Waals surface area contributed by atoms with Gasteiger partial charge in [0.1, 0.15) is 11.9 Å². The van der Waals surface area contributed by atoms with Crippen LogP contribution in [0.4, 0.5) is 0 Å². The van der Waals surface area contributed by atoms with Crippen LogP contribution >= 0.6 is 0 Å². The maximum absolute atomic E-state index is 6.40. The maximum Gasteiger partial charge on any atom is 0.120 e. The Balaban J connectivity index is 1.76. The van der Waals surface area contributed by atoms with Crippen molar-refractivity contribution in [1.29, 1.82) is 0 Å². The highest BCUT2D eigenvalue weighted by atomic mass is 16.5. The summed E-state index contributed by atoms with van der Waals surface area (Å²) < 4.78 is 6.40. The molecule has 2 aliphatic carbocycles. The Kier molecular flexibility index (Phi) is 3.76. The van der Waals surface area contributed by atoms with Gasteiger partial charge < -0.3 is 10.1 Å². The molecule has 0 amide bonds. The van der Waals surface area contributed by atoms with Crippen LogP contribution in [0.1, 0.15) is 49.7 Å². The van der Waals surface area contributed by atoms with Gasteiger partial charge in [-0.1, -0.05) is 25.3 Å². The standard InChI is InChI=1S/C18H27NO/c1-13-9-14(2)11-15(10-13)20-17-12-16(19-3)18(17)7-5-4-6-8-18/h9-11,16-17,19H,4-8,12H2,1-3H3. The molecule has 0 aromatic heterocycles. The lowest BCUT2D eigenvalue weighted by atomic mass is 9.55. The fourth-order valence-corrected chi connectivity index (χ4v) is 4.36. The quantitative estimate of drug-likeness (QED) is 0.899. The van der Waals surface area contributed by atoms with Crippen molar-refractivity contribution in [3.63, 3.8) is 0 Å². The molecule has 0 radical (unpaired) electrons. The van der Waals surface area contributed by atoms with E-state index in [1.165, 1.54) is 43.2 Å². The van der Waals surface area contributed by atoms with Gasteiger partial charge in [-0.2, -0.15) is 0 Å². The van der Waals surface area contributed by atoms with Gasteiger partial charge in [0.25, 0.3) is 0 Å². The van der Waals surface area contributed by atoms with Crippen LogP contribution in [-0.2, 0) is 0 Å². The number of benzene rings is 1. The fourth-order valence-electron chi connectivity index (χ4n) is 4.36. The molecule has 2 heteroatoms. The number of nitrogens with one attached hydrogen (secondary N) is 1. The number of aryl methyl sites for hydroxylation is 2. The Morgan fingerprint density at radius 2 is 1.70 bits per heavy atom. The first-order valence-electron chi connectivity index (χ1n) is 8.06. The van der Waals surface area contributed by atoms with Gasteiger partial charge in [0.2, 0.25) is 0 Å². The summed E-state index contributed by atoms with van der Waals surface area (Å²) in [6.45, 7) is 4.29. The van der Waals surface area contributed by atoms with Gasteiger partial charge in [-0.25, -0.2) is 0 Å². The van der Waals surface area contributed by atoms with Crippen LogP contribution in [-0.4, -0.2) is 19.2 Å². The zero-order valence-corrected chi connectivity index (χ0v) is 13.0. The second-order valence-corrected chi connectivity index (χ2v) is 6.80. The third-order valence-electron chi connectivity index (χ3n) is 5.39. The molecule has 0 aliphatic heterocycles. The highest BCUT2D eigenvalue weighted by Crippen LogP contribution is 2.53. The van der Waals surface area contributed by atoms with E-state index in [0.29, 0.717) is 17.6 Å². The molecule has 1 N–H and O–H groups in total. The van der Waals surface area contributed by atoms with Gasteiger partial charge >= 0.3 is 0 Å². The minimum atomic E-state index is 0.394. The van der Waals surface area contributed by atoms with Gasteiger partial charge in [0, 0.05) is 17.9 Å². The lowest BCUT2D eigenvalue weighted by Gasteiger charge is -2.57. The van der Waals surface area contributed by atoms with E-state index >= 15 is 0 Å². The molecule has 0 saturated heterocycles. The lowest BCUT2D eigenvalue weighted by Crippen LogP contribution is -2.64. The molecule has 2 atom stereocenters. The van der Waals surface area contributed by atoms with E-state index in [4.69, 9.17) is 4.74 Å². The van der Waals surface area contributed by atoms with Gasteiger partial charge in [-0.05, 0) is 57.0 Å². The molecule has 110 valence electrons. The van der Waals surface area contributed by atoms with Crippen LogP contribution in [0.5, 0.6) is 5.75 Å². The molecule has 2 saturated carbocycles. The van der Waals surface area contributed by atoms with Crippen molar-refractivity contribution in [1.82, 2.24) is 5.32 Å². The SMILES string of the molecule is CNC1CC(Oc2cc(C)cc(C)c2)C12CCCCC2. The highest BCUT2D eigenvalue weighted by Gasteiger charge is 2.55. The minimum Gasteiger partial charge on any atom is -0.490 e. The Hall–Kier alpha value is -1.02. The largest absolute Gasteiger partial charge is 0.490 e. The Morgan fingerprint density at radius 3 is 2.30 bits per heavy atom. The molecule has 1 spiro atoms. The summed E-state index contributed by atoms with van der Waals surface area (Å²) in [6, 6.07) is 7.21. The lowest BCUT2D eigenvalue weighted by molar-refractivity contribution is -0.100. The van der Waals surface area contributed by atoms with Crippen molar-refractivity contribution in [2.45, 2.75) is 64.5 Å². The van der Waals surface area contributed by atoms with Gasteiger partial charge in [0.05, 0.1) is 0 Å². The predicted molar refractivity (Wildman–Crippen MR) is 83.3 cm³/mol. The van der Waals surface area contributed by atoms with E-state index in [9.17, 15) is 0 Å². The fraction of sp³-hybridized carbons (Fsp3) is 0.667. The van der Waals surface area contributed by atoms with Crippen molar-refractivity contribution in [2.24, 2.45) is 5.41 Å². The average Bonchev–Trinajstić information content (AvgIpc) is 2.43.